The molecule has 0 bridgehead atoms. The van der Waals surface area contributed by atoms with Crippen molar-refractivity contribution in [3.63, 3.8) is 0 Å². The summed E-state index contributed by atoms with van der Waals surface area (Å²) < 4.78 is 12.6. The van der Waals surface area contributed by atoms with Gasteiger partial charge in [0.2, 0.25) is 5.78 Å². The van der Waals surface area contributed by atoms with E-state index in [0.717, 1.165) is 5.01 Å². The Morgan fingerprint density at radius 2 is 2.00 bits per heavy atom. The first-order valence-electron chi connectivity index (χ1n) is 4.39. The molecule has 0 saturated heterocycles. The molecule has 1 heterocycles. The number of aryl methyl sites for hydroxylation is 1. The van der Waals surface area contributed by atoms with Crippen molar-refractivity contribution in [3.05, 3.63) is 51.7 Å². The second kappa shape index (κ2) is 3.90. The van der Waals surface area contributed by atoms with Crippen LogP contribution >= 0.6 is 11.3 Å². The van der Waals surface area contributed by atoms with Gasteiger partial charge in [-0.25, -0.2) is 9.37 Å². The van der Waals surface area contributed by atoms with E-state index in [4.69, 9.17) is 0 Å². The van der Waals surface area contributed by atoms with E-state index in [-0.39, 0.29) is 11.6 Å². The highest BCUT2D eigenvalue weighted by molar-refractivity contribution is 7.09. The monoisotopic (exact) mass is 221 g/mol. The van der Waals surface area contributed by atoms with Crippen molar-refractivity contribution in [2.24, 2.45) is 0 Å². The molecule has 0 fully saturated rings. The summed E-state index contributed by atoms with van der Waals surface area (Å²) in [6.07, 6.45) is 0. The van der Waals surface area contributed by atoms with E-state index in [9.17, 15) is 9.18 Å². The number of hydrogen-bond acceptors (Lipinski definition) is 3. The average molecular weight is 221 g/mol. The van der Waals surface area contributed by atoms with Crippen molar-refractivity contribution in [3.8, 4) is 0 Å². The van der Waals surface area contributed by atoms with Gasteiger partial charge in [0.1, 0.15) is 11.5 Å². The number of rotatable bonds is 2. The molecule has 4 heteroatoms. The zero-order chi connectivity index (χ0) is 10.8. The number of ketones is 1. The highest BCUT2D eigenvalue weighted by Crippen LogP contribution is 2.13. The smallest absolute Gasteiger partial charge is 0.212 e. The van der Waals surface area contributed by atoms with Crippen molar-refractivity contribution in [1.82, 2.24) is 4.98 Å². The van der Waals surface area contributed by atoms with Gasteiger partial charge < -0.3 is 0 Å². The molecule has 2 nitrogen and oxygen atoms in total. The molecule has 15 heavy (non-hydrogen) atoms. The Morgan fingerprint density at radius 1 is 1.33 bits per heavy atom. The van der Waals surface area contributed by atoms with Gasteiger partial charge in [-0.2, -0.15) is 0 Å². The quantitative estimate of drug-likeness (QED) is 0.730. The van der Waals surface area contributed by atoms with Gasteiger partial charge in [0.25, 0.3) is 0 Å². The molecule has 0 saturated carbocycles. The lowest BCUT2D eigenvalue weighted by atomic mass is 10.1. The Kier molecular flexibility index (Phi) is 2.60. The number of carbonyl (C=O) groups excluding carboxylic acids is 1. The van der Waals surface area contributed by atoms with E-state index in [0.29, 0.717) is 11.3 Å². The van der Waals surface area contributed by atoms with E-state index in [1.54, 1.807) is 5.38 Å². The minimum Gasteiger partial charge on any atom is -0.287 e. The number of aromatic nitrogens is 1. The van der Waals surface area contributed by atoms with E-state index < -0.39 is 0 Å². The van der Waals surface area contributed by atoms with Crippen molar-refractivity contribution in [1.29, 1.82) is 0 Å². The summed E-state index contributed by atoms with van der Waals surface area (Å²) in [6, 6.07) is 5.47. The van der Waals surface area contributed by atoms with E-state index >= 15 is 0 Å². The Labute approximate surface area is 90.4 Å². The lowest BCUT2D eigenvalue weighted by Crippen LogP contribution is -2.01. The van der Waals surface area contributed by atoms with E-state index in [1.165, 1.54) is 35.6 Å². The van der Waals surface area contributed by atoms with Crippen LogP contribution in [0.5, 0.6) is 0 Å². The van der Waals surface area contributed by atoms with Crippen molar-refractivity contribution in [2.75, 3.05) is 0 Å². The van der Waals surface area contributed by atoms with Crippen LogP contribution in [0.1, 0.15) is 21.1 Å². The number of benzene rings is 1. The third-order valence-corrected chi connectivity index (χ3v) is 2.73. The molecule has 0 atom stereocenters. The van der Waals surface area contributed by atoms with Crippen LogP contribution in [0.3, 0.4) is 0 Å². The molecule has 0 spiro atoms. The van der Waals surface area contributed by atoms with Gasteiger partial charge in [-0.3, -0.25) is 4.79 Å². The number of hydrogen-bond donors (Lipinski definition) is 0. The maximum absolute atomic E-state index is 12.6. The van der Waals surface area contributed by atoms with Crippen molar-refractivity contribution in [2.45, 2.75) is 6.92 Å². The fraction of sp³-hybridized carbons (Fsp3) is 0.0909. The normalized spacial score (nSPS) is 10.3. The maximum Gasteiger partial charge on any atom is 0.212 e. The second-order valence-corrected chi connectivity index (χ2v) is 4.15. The van der Waals surface area contributed by atoms with Gasteiger partial charge in [0.05, 0.1) is 5.01 Å². The fourth-order valence-electron chi connectivity index (χ4n) is 1.22. The molecule has 0 aliphatic heterocycles. The predicted molar refractivity (Wildman–Crippen MR) is 56.7 cm³/mol. The zero-order valence-corrected chi connectivity index (χ0v) is 8.84. The zero-order valence-electron chi connectivity index (χ0n) is 8.03. The lowest BCUT2D eigenvalue weighted by Gasteiger charge is -1.96. The molecular formula is C11H8FNOS. The van der Waals surface area contributed by atoms with E-state index in [2.05, 4.69) is 4.98 Å². The van der Waals surface area contributed by atoms with Crippen LogP contribution in [-0.2, 0) is 0 Å². The van der Waals surface area contributed by atoms with Gasteiger partial charge in [-0.15, -0.1) is 11.3 Å². The number of nitrogens with zero attached hydrogens (tertiary/aromatic N) is 1. The average Bonchev–Trinajstić information content (AvgIpc) is 2.65. The van der Waals surface area contributed by atoms with Crippen molar-refractivity contribution < 1.29 is 9.18 Å². The standard InChI is InChI=1S/C11H8FNOS/c1-7-13-10(6-15-7)11(14)8-2-4-9(12)5-3-8/h2-6H,1H3. The molecule has 1 aromatic carbocycles. The first kappa shape index (κ1) is 9.98. The summed E-state index contributed by atoms with van der Waals surface area (Å²) in [5.74, 6) is -0.514. The van der Waals surface area contributed by atoms with E-state index in [1.807, 2.05) is 6.92 Å². The van der Waals surface area contributed by atoms with Crippen LogP contribution < -0.4 is 0 Å². The molecule has 0 N–H and O–H groups in total. The fourth-order valence-corrected chi connectivity index (χ4v) is 1.81. The topological polar surface area (TPSA) is 30.0 Å². The molecule has 0 radical (unpaired) electrons. The molecule has 2 rings (SSSR count). The summed E-state index contributed by atoms with van der Waals surface area (Å²) in [6.45, 7) is 1.84. The Hall–Kier alpha value is -1.55. The molecule has 0 aliphatic carbocycles. The van der Waals surface area contributed by atoms with Gasteiger partial charge >= 0.3 is 0 Å². The van der Waals surface area contributed by atoms with Crippen LogP contribution in [0.2, 0.25) is 0 Å². The summed E-state index contributed by atoms with van der Waals surface area (Å²) in [5.41, 5.74) is 0.880. The van der Waals surface area contributed by atoms with Crippen molar-refractivity contribution >= 4 is 17.1 Å². The summed E-state index contributed by atoms with van der Waals surface area (Å²) in [7, 11) is 0. The maximum atomic E-state index is 12.6. The molecule has 76 valence electrons. The first-order chi connectivity index (χ1) is 7.16. The van der Waals surface area contributed by atoms with Crippen LogP contribution in [0.15, 0.2) is 29.6 Å². The van der Waals surface area contributed by atoms with Crippen LogP contribution in [0, 0.1) is 12.7 Å². The predicted octanol–water partition coefficient (Wildman–Crippen LogP) is 2.82. The highest BCUT2D eigenvalue weighted by atomic mass is 32.1. The molecular weight excluding hydrogens is 213 g/mol. The summed E-state index contributed by atoms with van der Waals surface area (Å²) >= 11 is 1.42. The van der Waals surface area contributed by atoms with Gasteiger partial charge in [-0.05, 0) is 31.2 Å². The molecule has 2 aromatic rings. The largest absolute Gasteiger partial charge is 0.287 e. The molecule has 0 aliphatic rings. The SMILES string of the molecule is Cc1nc(C(=O)c2ccc(F)cc2)cs1. The minimum atomic E-state index is -0.346. The van der Waals surface area contributed by atoms with Gasteiger partial charge in [0.15, 0.2) is 0 Å². The summed E-state index contributed by atoms with van der Waals surface area (Å²) in [5, 5.41) is 2.56. The molecule has 0 unspecified atom stereocenters. The van der Waals surface area contributed by atoms with Crippen LogP contribution in [0.25, 0.3) is 0 Å². The Balaban J connectivity index is 2.32. The first-order valence-corrected chi connectivity index (χ1v) is 5.27. The Morgan fingerprint density at radius 3 is 2.53 bits per heavy atom. The third-order valence-electron chi connectivity index (χ3n) is 1.96. The van der Waals surface area contributed by atoms with Gasteiger partial charge in [-0.1, -0.05) is 0 Å². The minimum absolute atomic E-state index is 0.167. The highest BCUT2D eigenvalue weighted by Gasteiger charge is 2.11. The second-order valence-electron chi connectivity index (χ2n) is 3.09. The lowest BCUT2D eigenvalue weighted by molar-refractivity contribution is 0.103. The molecule has 1 aromatic heterocycles. The molecule has 0 amide bonds. The van der Waals surface area contributed by atoms with Crippen LogP contribution in [-0.4, -0.2) is 10.8 Å². The number of carbonyl (C=O) groups is 1. The third kappa shape index (κ3) is 2.10. The van der Waals surface area contributed by atoms with Crippen LogP contribution in [0.4, 0.5) is 4.39 Å². The summed E-state index contributed by atoms with van der Waals surface area (Å²) in [4.78, 5) is 15.9. The Bertz CT molecular complexity index is 490. The number of halogens is 1. The van der Waals surface area contributed by atoms with Gasteiger partial charge in [0, 0.05) is 10.9 Å². The number of thiazole rings is 1.